The minimum Gasteiger partial charge on any atom is -0.454 e. The molecule has 0 bridgehead atoms. The van der Waals surface area contributed by atoms with Crippen LogP contribution in [0.4, 0.5) is 11.4 Å². The molecule has 1 aliphatic heterocycles. The van der Waals surface area contributed by atoms with E-state index in [1.807, 2.05) is 0 Å². The second kappa shape index (κ2) is 7.48. The first-order valence-electron chi connectivity index (χ1n) is 8.82. The van der Waals surface area contributed by atoms with Gasteiger partial charge in [0.05, 0.1) is 10.6 Å². The van der Waals surface area contributed by atoms with Gasteiger partial charge in [0.15, 0.2) is 11.5 Å². The fourth-order valence-electron chi connectivity index (χ4n) is 2.97. The Morgan fingerprint density at radius 1 is 0.931 bits per heavy atom. The van der Waals surface area contributed by atoms with E-state index in [-0.39, 0.29) is 17.6 Å². The molecule has 2 N–H and O–H groups in total. The van der Waals surface area contributed by atoms with E-state index in [1.54, 1.807) is 61.5 Å². The Balaban J connectivity index is 1.57. The molecule has 0 atom stereocenters. The number of nitrogens with one attached hydrogen (secondary N) is 2. The normalized spacial score (nSPS) is 12.4. The second-order valence-electron chi connectivity index (χ2n) is 6.42. The molecule has 0 saturated heterocycles. The molecule has 29 heavy (non-hydrogen) atoms. The number of benzene rings is 3. The summed E-state index contributed by atoms with van der Waals surface area (Å²) in [6, 6.07) is 18.0. The van der Waals surface area contributed by atoms with Crippen molar-refractivity contribution >= 4 is 27.3 Å². The molecule has 0 unspecified atom stereocenters. The van der Waals surface area contributed by atoms with E-state index in [4.69, 9.17) is 9.47 Å². The molecule has 0 aliphatic carbocycles. The maximum atomic E-state index is 12.8. The predicted molar refractivity (Wildman–Crippen MR) is 109 cm³/mol. The first-order chi connectivity index (χ1) is 13.9. The summed E-state index contributed by atoms with van der Waals surface area (Å²) in [5.41, 5.74) is 1.77. The highest BCUT2D eigenvalue weighted by molar-refractivity contribution is 7.92. The van der Waals surface area contributed by atoms with Crippen LogP contribution in [0.5, 0.6) is 11.5 Å². The van der Waals surface area contributed by atoms with Crippen LogP contribution < -0.4 is 19.5 Å². The van der Waals surface area contributed by atoms with Crippen molar-refractivity contribution in [2.75, 3.05) is 16.8 Å². The van der Waals surface area contributed by atoms with E-state index in [9.17, 15) is 13.2 Å². The van der Waals surface area contributed by atoms with E-state index < -0.39 is 10.0 Å². The van der Waals surface area contributed by atoms with Gasteiger partial charge in [-0.15, -0.1) is 0 Å². The minimum absolute atomic E-state index is 0.148. The Bertz CT molecular complexity index is 1180. The van der Waals surface area contributed by atoms with Gasteiger partial charge in [0.2, 0.25) is 6.79 Å². The van der Waals surface area contributed by atoms with E-state index in [1.165, 1.54) is 12.1 Å². The standard InChI is InChI=1S/C21H18N2O5S/c1-14-17(21(24)22-15-10-11-19-20(12-15)28-13-27-19)8-5-9-18(14)23-29(25,26)16-6-3-2-4-7-16/h2-12,23H,13H2,1H3,(H,22,24). The van der Waals surface area contributed by atoms with Gasteiger partial charge in [-0.3, -0.25) is 9.52 Å². The van der Waals surface area contributed by atoms with Crippen molar-refractivity contribution < 1.29 is 22.7 Å². The molecule has 0 radical (unpaired) electrons. The third-order valence-corrected chi connectivity index (χ3v) is 5.89. The third kappa shape index (κ3) is 3.88. The molecule has 8 heteroatoms. The number of fused-ring (bicyclic) bond motifs is 1. The molecule has 3 aromatic rings. The zero-order valence-electron chi connectivity index (χ0n) is 15.5. The summed E-state index contributed by atoms with van der Waals surface area (Å²) in [4.78, 5) is 12.9. The number of anilines is 2. The summed E-state index contributed by atoms with van der Waals surface area (Å²) < 4.78 is 38.3. The highest BCUT2D eigenvalue weighted by Gasteiger charge is 2.19. The first-order valence-corrected chi connectivity index (χ1v) is 10.3. The minimum atomic E-state index is -3.76. The van der Waals surface area contributed by atoms with Crippen molar-refractivity contribution in [3.8, 4) is 11.5 Å². The second-order valence-corrected chi connectivity index (χ2v) is 8.10. The monoisotopic (exact) mass is 410 g/mol. The maximum absolute atomic E-state index is 12.8. The summed E-state index contributed by atoms with van der Waals surface area (Å²) >= 11 is 0. The van der Waals surface area contributed by atoms with Gasteiger partial charge in [-0.25, -0.2) is 8.42 Å². The van der Waals surface area contributed by atoms with Crippen molar-refractivity contribution in [3.05, 3.63) is 77.9 Å². The molecule has 1 aliphatic rings. The zero-order chi connectivity index (χ0) is 20.4. The van der Waals surface area contributed by atoms with Gasteiger partial charge in [-0.05, 0) is 48.9 Å². The van der Waals surface area contributed by atoms with Gasteiger partial charge in [0, 0.05) is 17.3 Å². The molecule has 0 fully saturated rings. The highest BCUT2D eigenvalue weighted by atomic mass is 32.2. The Morgan fingerprint density at radius 2 is 1.69 bits per heavy atom. The van der Waals surface area contributed by atoms with Crippen LogP contribution in [0.25, 0.3) is 0 Å². The number of carbonyl (C=O) groups excluding carboxylic acids is 1. The van der Waals surface area contributed by atoms with Crippen LogP contribution in [-0.2, 0) is 10.0 Å². The van der Waals surface area contributed by atoms with E-state index in [2.05, 4.69) is 10.0 Å². The van der Waals surface area contributed by atoms with Crippen LogP contribution in [0, 0.1) is 6.92 Å². The smallest absolute Gasteiger partial charge is 0.261 e. The molecule has 3 aromatic carbocycles. The molecule has 4 rings (SSSR count). The van der Waals surface area contributed by atoms with Crippen molar-refractivity contribution in [3.63, 3.8) is 0 Å². The van der Waals surface area contributed by atoms with Gasteiger partial charge >= 0.3 is 0 Å². The zero-order valence-corrected chi connectivity index (χ0v) is 16.3. The van der Waals surface area contributed by atoms with Crippen LogP contribution in [-0.4, -0.2) is 21.1 Å². The Labute approximate surface area is 168 Å². The number of rotatable bonds is 5. The summed E-state index contributed by atoms with van der Waals surface area (Å²) in [5, 5.41) is 2.80. The molecule has 1 amide bonds. The molecular formula is C21H18N2O5S. The Hall–Kier alpha value is -3.52. The van der Waals surface area contributed by atoms with E-state index in [0.717, 1.165) is 0 Å². The number of amides is 1. The fraction of sp³-hybridized carbons (Fsp3) is 0.0952. The highest BCUT2D eigenvalue weighted by Crippen LogP contribution is 2.34. The third-order valence-electron chi connectivity index (χ3n) is 4.51. The van der Waals surface area contributed by atoms with Gasteiger partial charge in [-0.2, -0.15) is 0 Å². The average molecular weight is 410 g/mol. The topological polar surface area (TPSA) is 93.7 Å². The molecule has 0 saturated carbocycles. The lowest BCUT2D eigenvalue weighted by atomic mass is 10.1. The van der Waals surface area contributed by atoms with Crippen molar-refractivity contribution in [1.82, 2.24) is 0 Å². The molecule has 148 valence electrons. The van der Waals surface area contributed by atoms with Crippen LogP contribution in [0.15, 0.2) is 71.6 Å². The van der Waals surface area contributed by atoms with E-state index >= 15 is 0 Å². The predicted octanol–water partition coefficient (Wildman–Crippen LogP) is 3.78. The maximum Gasteiger partial charge on any atom is 0.261 e. The van der Waals surface area contributed by atoms with Crippen LogP contribution >= 0.6 is 0 Å². The molecule has 0 aromatic heterocycles. The van der Waals surface area contributed by atoms with Gasteiger partial charge < -0.3 is 14.8 Å². The average Bonchev–Trinajstić information content (AvgIpc) is 3.18. The lowest BCUT2D eigenvalue weighted by molar-refractivity contribution is 0.102. The number of hydrogen-bond acceptors (Lipinski definition) is 5. The van der Waals surface area contributed by atoms with Gasteiger partial charge in [0.1, 0.15) is 0 Å². The van der Waals surface area contributed by atoms with Crippen molar-refractivity contribution in [1.29, 1.82) is 0 Å². The summed E-state index contributed by atoms with van der Waals surface area (Å²) in [7, 11) is -3.76. The molecular weight excluding hydrogens is 392 g/mol. The Morgan fingerprint density at radius 3 is 2.48 bits per heavy atom. The van der Waals surface area contributed by atoms with Crippen LogP contribution in [0.1, 0.15) is 15.9 Å². The van der Waals surface area contributed by atoms with Crippen molar-refractivity contribution in [2.24, 2.45) is 0 Å². The lowest BCUT2D eigenvalue weighted by Gasteiger charge is -2.14. The molecule has 1 heterocycles. The molecule has 0 spiro atoms. The number of carbonyl (C=O) groups is 1. The number of hydrogen-bond donors (Lipinski definition) is 2. The number of ether oxygens (including phenoxy) is 2. The van der Waals surface area contributed by atoms with E-state index in [0.29, 0.717) is 34.0 Å². The summed E-state index contributed by atoms with van der Waals surface area (Å²) in [5.74, 6) is 0.822. The Kier molecular flexibility index (Phi) is 4.85. The largest absolute Gasteiger partial charge is 0.454 e. The fourth-order valence-corrected chi connectivity index (χ4v) is 4.11. The molecule has 7 nitrogen and oxygen atoms in total. The lowest BCUT2D eigenvalue weighted by Crippen LogP contribution is -2.17. The first kappa shape index (κ1) is 18.8. The van der Waals surface area contributed by atoms with Gasteiger partial charge in [-0.1, -0.05) is 24.3 Å². The summed E-state index contributed by atoms with van der Waals surface area (Å²) in [6.45, 7) is 1.84. The summed E-state index contributed by atoms with van der Waals surface area (Å²) in [6.07, 6.45) is 0. The SMILES string of the molecule is Cc1c(NS(=O)(=O)c2ccccc2)cccc1C(=O)Nc1ccc2c(c1)OCO2. The van der Waals surface area contributed by atoms with Gasteiger partial charge in [0.25, 0.3) is 15.9 Å². The van der Waals surface area contributed by atoms with Crippen LogP contribution in [0.2, 0.25) is 0 Å². The quantitative estimate of drug-likeness (QED) is 0.668. The van der Waals surface area contributed by atoms with Crippen LogP contribution in [0.3, 0.4) is 0 Å². The number of sulfonamides is 1. The van der Waals surface area contributed by atoms with Crippen molar-refractivity contribution in [2.45, 2.75) is 11.8 Å².